The molecule has 0 bridgehead atoms. The van der Waals surface area contributed by atoms with Crippen molar-refractivity contribution in [2.45, 2.75) is 32.7 Å². The van der Waals surface area contributed by atoms with Crippen LogP contribution in [0.5, 0.6) is 0 Å². The molecule has 0 aliphatic carbocycles. The quantitative estimate of drug-likeness (QED) is 0.630. The number of carbonyl (C=O) groups excluding carboxylic acids is 1. The van der Waals surface area contributed by atoms with E-state index in [0.717, 1.165) is 5.57 Å². The molecule has 0 unspecified atom stereocenters. The van der Waals surface area contributed by atoms with Crippen LogP contribution in [0.3, 0.4) is 0 Å². The predicted molar refractivity (Wildman–Crippen MR) is 123 cm³/mol. The number of aryl methyl sites for hydroxylation is 1. The molecule has 0 saturated heterocycles. The van der Waals surface area contributed by atoms with Gasteiger partial charge in [0.2, 0.25) is 5.91 Å². The summed E-state index contributed by atoms with van der Waals surface area (Å²) in [6.07, 6.45) is 1.47. The molecule has 1 aliphatic rings. The maximum absolute atomic E-state index is 13.1. The number of alkyl halides is 2. The molecule has 7 nitrogen and oxygen atoms in total. The molecule has 0 spiro atoms. The molecule has 4 rings (SSSR count). The number of halogens is 2. The van der Waals surface area contributed by atoms with E-state index < -0.39 is 6.43 Å². The summed E-state index contributed by atoms with van der Waals surface area (Å²) in [6.45, 7) is 4.40. The molecule has 0 saturated carbocycles. The lowest BCUT2D eigenvalue weighted by Crippen LogP contribution is -2.33. The topological polar surface area (TPSA) is 80.1 Å². The third-order valence-corrected chi connectivity index (χ3v) is 6.07. The highest BCUT2D eigenvalue weighted by atomic mass is 19.3. The molecule has 0 fully saturated rings. The number of hydrogen-bond acceptors (Lipinski definition) is 5. The molecular weight excluding hydrogens is 428 g/mol. The smallest absolute Gasteiger partial charge is 0.263 e. The molecule has 2 aromatic heterocycles. The highest BCUT2D eigenvalue weighted by Gasteiger charge is 2.20. The molecule has 3 aromatic rings. The van der Waals surface area contributed by atoms with Crippen LogP contribution >= 0.6 is 0 Å². The van der Waals surface area contributed by atoms with Crippen LogP contribution in [0.25, 0.3) is 16.5 Å². The van der Waals surface area contributed by atoms with Gasteiger partial charge in [0.25, 0.3) is 12.0 Å². The highest BCUT2D eigenvalue weighted by Crippen LogP contribution is 2.29. The Morgan fingerprint density at radius 2 is 1.97 bits per heavy atom. The summed E-state index contributed by atoms with van der Waals surface area (Å²) in [4.78, 5) is 26.4. The van der Waals surface area contributed by atoms with Crippen LogP contribution in [0.1, 0.15) is 49.4 Å². The fourth-order valence-corrected chi connectivity index (χ4v) is 4.08. The van der Waals surface area contributed by atoms with Gasteiger partial charge in [0.1, 0.15) is 0 Å². The highest BCUT2D eigenvalue weighted by molar-refractivity contribution is 5.91. The van der Waals surface area contributed by atoms with Crippen LogP contribution in [0.2, 0.25) is 0 Å². The Kier molecular flexibility index (Phi) is 6.22. The Morgan fingerprint density at radius 1 is 1.21 bits per heavy atom. The average Bonchev–Trinajstić information content (AvgIpc) is 2.81. The van der Waals surface area contributed by atoms with Gasteiger partial charge in [-0.3, -0.25) is 9.59 Å². The van der Waals surface area contributed by atoms with Crippen molar-refractivity contribution in [3.05, 3.63) is 69.6 Å². The van der Waals surface area contributed by atoms with E-state index in [1.165, 1.54) is 29.8 Å². The minimum Gasteiger partial charge on any atom is -0.361 e. The van der Waals surface area contributed by atoms with E-state index in [1.54, 1.807) is 30.1 Å². The lowest BCUT2D eigenvalue weighted by Gasteiger charge is -2.25. The van der Waals surface area contributed by atoms with Crippen molar-refractivity contribution in [2.24, 2.45) is 7.05 Å². The van der Waals surface area contributed by atoms with Crippen LogP contribution < -0.4 is 10.9 Å². The molecule has 9 heteroatoms. The van der Waals surface area contributed by atoms with Crippen molar-refractivity contribution in [1.82, 2.24) is 19.7 Å². The molecular formula is C24H25F2N5O2. The first kappa shape index (κ1) is 22.6. The minimum absolute atomic E-state index is 0.00312. The fourth-order valence-electron chi connectivity index (χ4n) is 4.08. The average molecular weight is 453 g/mol. The molecule has 3 heterocycles. The van der Waals surface area contributed by atoms with Gasteiger partial charge < -0.3 is 14.8 Å². The monoisotopic (exact) mass is 453 g/mol. The summed E-state index contributed by atoms with van der Waals surface area (Å²) < 4.78 is 27.8. The number of nitrogens with one attached hydrogen (secondary N) is 1. The Bertz CT molecular complexity index is 1300. The van der Waals surface area contributed by atoms with Crippen molar-refractivity contribution >= 4 is 28.2 Å². The van der Waals surface area contributed by atoms with Crippen molar-refractivity contribution in [3.8, 4) is 0 Å². The molecule has 1 atom stereocenters. The van der Waals surface area contributed by atoms with E-state index in [9.17, 15) is 18.4 Å². The third-order valence-electron chi connectivity index (χ3n) is 6.07. The summed E-state index contributed by atoms with van der Waals surface area (Å²) in [5.41, 5.74) is 2.54. The number of rotatable bonds is 5. The largest absolute Gasteiger partial charge is 0.361 e. The normalized spacial score (nSPS) is 15.0. The lowest BCUT2D eigenvalue weighted by atomic mass is 9.99. The summed E-state index contributed by atoms with van der Waals surface area (Å²) in [5.74, 6) is 0.462. The predicted octanol–water partition coefficient (Wildman–Crippen LogP) is 4.07. The third kappa shape index (κ3) is 4.48. The SMILES string of the molecule is CC(=O)N1CC=C(c2cc3c(N[C@H](C)c4cccc(C(F)F)c4)nncc3n(C)c2=O)CC1. The number of benzene rings is 1. The zero-order valence-corrected chi connectivity index (χ0v) is 18.7. The Hall–Kier alpha value is -3.62. The number of anilines is 1. The number of nitrogens with zero attached hydrogens (tertiary/aromatic N) is 4. The zero-order valence-electron chi connectivity index (χ0n) is 18.7. The van der Waals surface area contributed by atoms with Gasteiger partial charge in [0, 0.05) is 43.6 Å². The van der Waals surface area contributed by atoms with Crippen LogP contribution in [0.4, 0.5) is 14.6 Å². The van der Waals surface area contributed by atoms with E-state index in [0.29, 0.717) is 47.4 Å². The van der Waals surface area contributed by atoms with Crippen molar-refractivity contribution in [3.63, 3.8) is 0 Å². The first-order chi connectivity index (χ1) is 15.8. The Labute approximate surface area is 189 Å². The molecule has 172 valence electrons. The number of pyridine rings is 1. The maximum atomic E-state index is 13.1. The summed E-state index contributed by atoms with van der Waals surface area (Å²) in [7, 11) is 1.68. The minimum atomic E-state index is -2.55. The van der Waals surface area contributed by atoms with Gasteiger partial charge >= 0.3 is 0 Å². The number of fused-ring (bicyclic) bond motifs is 1. The summed E-state index contributed by atoms with van der Waals surface area (Å²) in [6, 6.07) is 7.72. The van der Waals surface area contributed by atoms with Crippen LogP contribution in [0.15, 0.2) is 47.4 Å². The van der Waals surface area contributed by atoms with Gasteiger partial charge in [-0.1, -0.05) is 24.3 Å². The number of amides is 1. The maximum Gasteiger partial charge on any atom is 0.263 e. The first-order valence-electron chi connectivity index (χ1n) is 10.7. The number of carbonyl (C=O) groups is 1. The van der Waals surface area contributed by atoms with Crippen LogP contribution in [0, 0.1) is 0 Å². The van der Waals surface area contributed by atoms with Crippen LogP contribution in [-0.4, -0.2) is 38.7 Å². The number of hydrogen-bond donors (Lipinski definition) is 1. The van der Waals surface area contributed by atoms with Crippen molar-refractivity contribution < 1.29 is 13.6 Å². The van der Waals surface area contributed by atoms with Gasteiger partial charge in [0.05, 0.1) is 17.8 Å². The van der Waals surface area contributed by atoms with Crippen LogP contribution in [-0.2, 0) is 11.8 Å². The van der Waals surface area contributed by atoms with E-state index in [2.05, 4.69) is 15.5 Å². The van der Waals surface area contributed by atoms with Gasteiger partial charge in [-0.2, -0.15) is 5.10 Å². The fraction of sp³-hybridized carbons (Fsp3) is 0.333. The van der Waals surface area contributed by atoms with Gasteiger partial charge in [-0.15, -0.1) is 5.10 Å². The molecule has 33 heavy (non-hydrogen) atoms. The molecule has 1 aliphatic heterocycles. The van der Waals surface area contributed by atoms with Crippen molar-refractivity contribution in [1.29, 1.82) is 0 Å². The second-order valence-corrected chi connectivity index (χ2v) is 8.20. The van der Waals surface area contributed by atoms with E-state index >= 15 is 0 Å². The van der Waals surface area contributed by atoms with Gasteiger partial charge in [-0.25, -0.2) is 8.78 Å². The van der Waals surface area contributed by atoms with Crippen molar-refractivity contribution in [2.75, 3.05) is 18.4 Å². The molecule has 1 N–H and O–H groups in total. The second-order valence-electron chi connectivity index (χ2n) is 8.20. The van der Waals surface area contributed by atoms with E-state index in [4.69, 9.17) is 0 Å². The zero-order chi connectivity index (χ0) is 23.7. The second kappa shape index (κ2) is 9.09. The standard InChI is InChI=1S/C24H25F2N5O2/c1-14(17-5-4-6-18(11-17)22(25)26)28-23-20-12-19(16-7-9-31(10-8-16)15(2)32)24(33)30(3)21(20)13-27-29-23/h4-7,11-14,22H,8-10H2,1-3H3,(H,28,29)/t14-/m1/s1. The Balaban J connectivity index is 1.72. The lowest BCUT2D eigenvalue weighted by molar-refractivity contribution is -0.128. The first-order valence-corrected chi connectivity index (χ1v) is 10.7. The van der Waals surface area contributed by atoms with Gasteiger partial charge in [-0.05, 0) is 36.6 Å². The molecule has 1 amide bonds. The summed E-state index contributed by atoms with van der Waals surface area (Å²) in [5, 5.41) is 12.2. The van der Waals surface area contributed by atoms with Gasteiger partial charge in [0.15, 0.2) is 5.82 Å². The molecule has 1 aromatic carbocycles. The van der Waals surface area contributed by atoms with E-state index in [1.807, 2.05) is 13.0 Å². The van der Waals surface area contributed by atoms with E-state index in [-0.39, 0.29) is 23.1 Å². The molecule has 0 radical (unpaired) electrons. The Morgan fingerprint density at radius 3 is 2.64 bits per heavy atom. The number of aromatic nitrogens is 3. The summed E-state index contributed by atoms with van der Waals surface area (Å²) >= 11 is 0.